The predicted molar refractivity (Wildman–Crippen MR) is 104 cm³/mol. The predicted octanol–water partition coefficient (Wildman–Crippen LogP) is 2.49. The van der Waals surface area contributed by atoms with E-state index >= 15 is 0 Å². The third kappa shape index (κ3) is 2.96. The van der Waals surface area contributed by atoms with Crippen LogP contribution in [0.5, 0.6) is 11.5 Å². The Hall–Kier alpha value is -2.48. The standard InChI is InChI=1S/C20H21N3O4S/c24-18(14-12-21-20-23(19(14)25)7-10-28-20)22-6-1-3-15(22)13-4-5-16-17(11-13)27-9-2-8-26-16/h4-5,11-12,15H,1-3,6-10H2/t15-/m1/s1. The van der Waals surface area contributed by atoms with Gasteiger partial charge in [0.25, 0.3) is 11.5 Å². The SMILES string of the molecule is O=C(c1cnc2n(c1=O)CCS2)N1CCC[C@@H]1c1ccc2c(c1)OCCCO2. The third-order valence-electron chi connectivity index (χ3n) is 5.46. The molecule has 1 aromatic heterocycles. The van der Waals surface area contributed by atoms with Gasteiger partial charge in [-0.25, -0.2) is 4.98 Å². The number of carbonyl (C=O) groups is 1. The van der Waals surface area contributed by atoms with Gasteiger partial charge in [0.05, 0.1) is 19.3 Å². The summed E-state index contributed by atoms with van der Waals surface area (Å²) in [7, 11) is 0. The maximum Gasteiger partial charge on any atom is 0.267 e. The second kappa shape index (κ2) is 7.16. The van der Waals surface area contributed by atoms with Gasteiger partial charge in [0.2, 0.25) is 0 Å². The number of nitrogens with zero attached hydrogens (tertiary/aromatic N) is 3. The van der Waals surface area contributed by atoms with E-state index in [4.69, 9.17) is 9.47 Å². The molecular formula is C20H21N3O4S. The molecule has 146 valence electrons. The fourth-order valence-electron chi connectivity index (χ4n) is 4.06. The first-order chi connectivity index (χ1) is 13.7. The van der Waals surface area contributed by atoms with Gasteiger partial charge in [0, 0.05) is 31.5 Å². The van der Waals surface area contributed by atoms with Crippen molar-refractivity contribution in [1.29, 1.82) is 0 Å². The molecule has 0 radical (unpaired) electrons. The Morgan fingerprint density at radius 2 is 2.00 bits per heavy atom. The molecule has 1 atom stereocenters. The Morgan fingerprint density at radius 1 is 1.14 bits per heavy atom. The minimum atomic E-state index is -0.237. The number of thioether (sulfide) groups is 1. The second-order valence-corrected chi connectivity index (χ2v) is 8.23. The molecule has 1 amide bonds. The van der Waals surface area contributed by atoms with Gasteiger partial charge in [-0.1, -0.05) is 17.8 Å². The average molecular weight is 399 g/mol. The first-order valence-corrected chi connectivity index (χ1v) is 10.6. The maximum absolute atomic E-state index is 13.2. The summed E-state index contributed by atoms with van der Waals surface area (Å²) < 4.78 is 13.1. The first kappa shape index (κ1) is 17.6. The van der Waals surface area contributed by atoms with Crippen molar-refractivity contribution >= 4 is 17.7 Å². The number of hydrogen-bond acceptors (Lipinski definition) is 6. The molecule has 2 aromatic rings. The fraction of sp³-hybridized carbons (Fsp3) is 0.450. The molecule has 0 saturated carbocycles. The van der Waals surface area contributed by atoms with E-state index in [0.29, 0.717) is 31.5 Å². The van der Waals surface area contributed by atoms with Crippen LogP contribution in [0.15, 0.2) is 34.3 Å². The van der Waals surface area contributed by atoms with Crippen LogP contribution in [0.4, 0.5) is 0 Å². The second-order valence-electron chi connectivity index (χ2n) is 7.17. The lowest BCUT2D eigenvalue weighted by Gasteiger charge is -2.25. The van der Waals surface area contributed by atoms with E-state index < -0.39 is 0 Å². The Balaban J connectivity index is 1.45. The summed E-state index contributed by atoms with van der Waals surface area (Å²) in [6, 6.07) is 5.81. The Kier molecular flexibility index (Phi) is 4.50. The highest BCUT2D eigenvalue weighted by atomic mass is 32.2. The quantitative estimate of drug-likeness (QED) is 0.723. The van der Waals surface area contributed by atoms with Gasteiger partial charge in [-0.3, -0.25) is 14.2 Å². The van der Waals surface area contributed by atoms with Gasteiger partial charge in [-0.2, -0.15) is 0 Å². The molecule has 7 nitrogen and oxygen atoms in total. The minimum Gasteiger partial charge on any atom is -0.490 e. The van der Waals surface area contributed by atoms with Gasteiger partial charge >= 0.3 is 0 Å². The van der Waals surface area contributed by atoms with E-state index in [0.717, 1.165) is 42.1 Å². The molecule has 1 saturated heterocycles. The average Bonchev–Trinajstić information content (AvgIpc) is 3.33. The van der Waals surface area contributed by atoms with Crippen LogP contribution < -0.4 is 15.0 Å². The summed E-state index contributed by atoms with van der Waals surface area (Å²) in [6.07, 6.45) is 4.06. The number of rotatable bonds is 2. The molecule has 0 bridgehead atoms. The van der Waals surface area contributed by atoms with Crippen molar-refractivity contribution in [3.05, 3.63) is 45.9 Å². The molecular weight excluding hydrogens is 378 g/mol. The highest BCUT2D eigenvalue weighted by molar-refractivity contribution is 7.99. The topological polar surface area (TPSA) is 73.7 Å². The van der Waals surface area contributed by atoms with Crippen molar-refractivity contribution in [2.24, 2.45) is 0 Å². The van der Waals surface area contributed by atoms with Crippen LogP contribution in [0.1, 0.15) is 41.2 Å². The van der Waals surface area contributed by atoms with Crippen LogP contribution >= 0.6 is 11.8 Å². The lowest BCUT2D eigenvalue weighted by Crippen LogP contribution is -2.36. The zero-order valence-electron chi connectivity index (χ0n) is 15.4. The summed E-state index contributed by atoms with van der Waals surface area (Å²) in [6.45, 7) is 2.51. The van der Waals surface area contributed by atoms with E-state index in [9.17, 15) is 9.59 Å². The molecule has 0 N–H and O–H groups in total. The molecule has 1 fully saturated rings. The van der Waals surface area contributed by atoms with Crippen LogP contribution in [0.25, 0.3) is 0 Å². The van der Waals surface area contributed by atoms with E-state index in [-0.39, 0.29) is 23.1 Å². The third-order valence-corrected chi connectivity index (χ3v) is 6.43. The number of ether oxygens (including phenoxy) is 2. The monoisotopic (exact) mass is 399 g/mol. The van der Waals surface area contributed by atoms with Gasteiger partial charge in [0.15, 0.2) is 16.7 Å². The van der Waals surface area contributed by atoms with Gasteiger partial charge in [-0.15, -0.1) is 0 Å². The number of fused-ring (bicyclic) bond motifs is 2. The number of aromatic nitrogens is 2. The van der Waals surface area contributed by atoms with Crippen LogP contribution in [0.2, 0.25) is 0 Å². The van der Waals surface area contributed by atoms with Crippen LogP contribution in [0.3, 0.4) is 0 Å². The van der Waals surface area contributed by atoms with Gasteiger partial charge in [0.1, 0.15) is 5.56 Å². The molecule has 0 unspecified atom stereocenters. The lowest BCUT2D eigenvalue weighted by molar-refractivity contribution is 0.0732. The molecule has 4 heterocycles. The highest BCUT2D eigenvalue weighted by Gasteiger charge is 2.33. The van der Waals surface area contributed by atoms with Crippen LogP contribution in [0, 0.1) is 0 Å². The van der Waals surface area contributed by atoms with E-state index in [1.54, 1.807) is 21.2 Å². The highest BCUT2D eigenvalue weighted by Crippen LogP contribution is 2.38. The van der Waals surface area contributed by atoms with Gasteiger partial charge in [-0.05, 0) is 30.5 Å². The zero-order chi connectivity index (χ0) is 19.1. The summed E-state index contributed by atoms with van der Waals surface area (Å²) in [4.78, 5) is 32.1. The number of likely N-dealkylation sites (tertiary alicyclic amines) is 1. The molecule has 1 aromatic carbocycles. The van der Waals surface area contributed by atoms with E-state index in [1.165, 1.54) is 6.20 Å². The van der Waals surface area contributed by atoms with E-state index in [1.807, 2.05) is 18.2 Å². The first-order valence-electron chi connectivity index (χ1n) is 9.65. The number of carbonyl (C=O) groups excluding carboxylic acids is 1. The normalized spacial score (nSPS) is 20.7. The van der Waals surface area contributed by atoms with Crippen LogP contribution in [-0.2, 0) is 6.54 Å². The number of benzene rings is 1. The summed E-state index contributed by atoms with van der Waals surface area (Å²) in [5.74, 6) is 2.06. The minimum absolute atomic E-state index is 0.0725. The van der Waals surface area contributed by atoms with Crippen LogP contribution in [-0.4, -0.2) is 45.9 Å². The van der Waals surface area contributed by atoms with Gasteiger partial charge < -0.3 is 14.4 Å². The smallest absolute Gasteiger partial charge is 0.267 e. The number of hydrogen-bond donors (Lipinski definition) is 0. The van der Waals surface area contributed by atoms with Crippen molar-refractivity contribution in [1.82, 2.24) is 14.5 Å². The Morgan fingerprint density at radius 3 is 2.89 bits per heavy atom. The molecule has 0 spiro atoms. The largest absolute Gasteiger partial charge is 0.490 e. The Labute approximate surface area is 166 Å². The van der Waals surface area contributed by atoms with Crippen molar-refractivity contribution in [2.45, 2.75) is 37.0 Å². The molecule has 28 heavy (non-hydrogen) atoms. The molecule has 3 aliphatic rings. The summed E-state index contributed by atoms with van der Waals surface area (Å²) in [5, 5.41) is 0.697. The maximum atomic E-state index is 13.2. The van der Waals surface area contributed by atoms with E-state index in [2.05, 4.69) is 4.98 Å². The molecule has 8 heteroatoms. The lowest BCUT2D eigenvalue weighted by atomic mass is 10.0. The van der Waals surface area contributed by atoms with Crippen molar-refractivity contribution in [3.8, 4) is 11.5 Å². The molecule has 5 rings (SSSR count). The fourth-order valence-corrected chi connectivity index (χ4v) is 4.98. The number of amides is 1. The zero-order valence-corrected chi connectivity index (χ0v) is 16.2. The Bertz CT molecular complexity index is 990. The summed E-state index contributed by atoms with van der Waals surface area (Å²) in [5.41, 5.74) is 0.941. The molecule has 0 aliphatic carbocycles. The molecule has 3 aliphatic heterocycles. The summed E-state index contributed by atoms with van der Waals surface area (Å²) >= 11 is 1.55. The van der Waals surface area contributed by atoms with Crippen molar-refractivity contribution < 1.29 is 14.3 Å². The van der Waals surface area contributed by atoms with Crippen molar-refractivity contribution in [2.75, 3.05) is 25.5 Å². The van der Waals surface area contributed by atoms with Crippen molar-refractivity contribution in [3.63, 3.8) is 0 Å².